The van der Waals surface area contributed by atoms with Crippen LogP contribution in [0.15, 0.2) is 42.5 Å². The van der Waals surface area contributed by atoms with E-state index < -0.39 is 5.38 Å². The Morgan fingerprint density at radius 2 is 1.75 bits per heavy atom. The Labute approximate surface area is 184 Å². The minimum absolute atomic E-state index is 0.164. The highest BCUT2D eigenvalue weighted by Gasteiger charge is 2.49. The molecule has 0 spiro atoms. The number of alkyl halides is 1. The minimum atomic E-state index is -0.655. The number of hydrogen-bond acceptors (Lipinski definition) is 5. The van der Waals surface area contributed by atoms with E-state index in [1.54, 1.807) is 30.3 Å². The van der Waals surface area contributed by atoms with Crippen LogP contribution < -0.4 is 9.64 Å². The van der Waals surface area contributed by atoms with Gasteiger partial charge in [-0.1, -0.05) is 58.3 Å². The standard InChI is InChI=1S/C18H11Cl4N3O2S/c19-10-3-1-9(2-4-10)16-15(22)17(26)25(16)18-24-23-14(28-18)8-27-13-6-5-11(20)7-12(13)21/h1-7,15-16H,8H2. The summed E-state index contributed by atoms with van der Waals surface area (Å²) in [5.41, 5.74) is 0.880. The van der Waals surface area contributed by atoms with Gasteiger partial charge in [-0.15, -0.1) is 21.8 Å². The largest absolute Gasteiger partial charge is 0.485 e. The highest BCUT2D eigenvalue weighted by molar-refractivity contribution is 7.15. The molecule has 0 radical (unpaired) electrons. The Kier molecular flexibility index (Phi) is 5.67. The number of benzene rings is 2. The molecule has 1 aromatic heterocycles. The van der Waals surface area contributed by atoms with E-state index in [-0.39, 0.29) is 18.6 Å². The number of anilines is 1. The van der Waals surface area contributed by atoms with Crippen molar-refractivity contribution in [2.45, 2.75) is 18.0 Å². The average molecular weight is 475 g/mol. The number of carbonyl (C=O) groups excluding carboxylic acids is 1. The molecule has 1 saturated heterocycles. The molecule has 0 N–H and O–H groups in total. The van der Waals surface area contributed by atoms with E-state index in [4.69, 9.17) is 51.1 Å². The van der Waals surface area contributed by atoms with Crippen molar-refractivity contribution in [1.29, 1.82) is 0 Å². The second-order valence-corrected chi connectivity index (χ2v) is 8.74. The molecular formula is C18H11Cl4N3O2S. The van der Waals surface area contributed by atoms with Crippen LogP contribution in [0.1, 0.15) is 16.6 Å². The van der Waals surface area contributed by atoms with Gasteiger partial charge in [-0.3, -0.25) is 9.69 Å². The van der Waals surface area contributed by atoms with Crippen LogP contribution in [0.5, 0.6) is 5.75 Å². The van der Waals surface area contributed by atoms with Crippen molar-refractivity contribution in [3.63, 3.8) is 0 Å². The number of amides is 1. The number of rotatable bonds is 5. The van der Waals surface area contributed by atoms with Crippen molar-refractivity contribution in [3.05, 3.63) is 68.1 Å². The third-order valence-electron chi connectivity index (χ3n) is 4.15. The monoisotopic (exact) mass is 473 g/mol. The molecule has 0 bridgehead atoms. The highest BCUT2D eigenvalue weighted by Crippen LogP contribution is 2.43. The number of aromatic nitrogens is 2. The summed E-state index contributed by atoms with van der Waals surface area (Å²) in [5, 5.41) is 10.2. The number of carbonyl (C=O) groups is 1. The molecule has 2 heterocycles. The van der Waals surface area contributed by atoms with Gasteiger partial charge in [0.1, 0.15) is 17.7 Å². The van der Waals surface area contributed by atoms with E-state index in [1.807, 2.05) is 12.1 Å². The van der Waals surface area contributed by atoms with Crippen molar-refractivity contribution >= 4 is 68.8 Å². The zero-order valence-electron chi connectivity index (χ0n) is 14.0. The van der Waals surface area contributed by atoms with Crippen LogP contribution in [-0.4, -0.2) is 21.5 Å². The van der Waals surface area contributed by atoms with Gasteiger partial charge in [-0.05, 0) is 35.9 Å². The Bertz CT molecular complexity index is 1030. The van der Waals surface area contributed by atoms with Gasteiger partial charge in [0.2, 0.25) is 11.0 Å². The molecule has 144 valence electrons. The molecular weight excluding hydrogens is 464 g/mol. The summed E-state index contributed by atoms with van der Waals surface area (Å²) < 4.78 is 5.67. The van der Waals surface area contributed by atoms with Crippen molar-refractivity contribution in [1.82, 2.24) is 10.2 Å². The Balaban J connectivity index is 1.49. The van der Waals surface area contributed by atoms with Crippen LogP contribution in [0.25, 0.3) is 0 Å². The van der Waals surface area contributed by atoms with Crippen molar-refractivity contribution in [2.24, 2.45) is 0 Å². The zero-order chi connectivity index (χ0) is 19.8. The molecule has 4 rings (SSSR count). The van der Waals surface area contributed by atoms with Crippen LogP contribution in [0.2, 0.25) is 15.1 Å². The van der Waals surface area contributed by atoms with E-state index >= 15 is 0 Å². The predicted octanol–water partition coefficient (Wildman–Crippen LogP) is 5.77. The molecule has 1 aliphatic rings. The summed E-state index contributed by atoms with van der Waals surface area (Å²) in [6.07, 6.45) is 0. The maximum absolute atomic E-state index is 12.3. The number of nitrogens with zero attached hydrogens (tertiary/aromatic N) is 3. The number of hydrogen-bond donors (Lipinski definition) is 0. The first kappa shape index (κ1) is 19.7. The van der Waals surface area contributed by atoms with Gasteiger partial charge in [0.25, 0.3) is 0 Å². The van der Waals surface area contributed by atoms with E-state index in [0.717, 1.165) is 5.56 Å². The zero-order valence-corrected chi connectivity index (χ0v) is 17.8. The number of ether oxygens (including phenoxy) is 1. The fourth-order valence-corrected chi connectivity index (χ4v) is 4.52. The average Bonchev–Trinajstić information content (AvgIpc) is 3.13. The number of halogens is 4. The lowest BCUT2D eigenvalue weighted by Crippen LogP contribution is -2.56. The van der Waals surface area contributed by atoms with Gasteiger partial charge >= 0.3 is 0 Å². The van der Waals surface area contributed by atoms with Crippen molar-refractivity contribution in [3.8, 4) is 5.75 Å². The molecule has 0 aliphatic carbocycles. The maximum Gasteiger partial charge on any atom is 0.250 e. The smallest absolute Gasteiger partial charge is 0.250 e. The summed E-state index contributed by atoms with van der Waals surface area (Å²) in [4.78, 5) is 13.9. The van der Waals surface area contributed by atoms with Gasteiger partial charge in [-0.25, -0.2) is 0 Å². The SMILES string of the molecule is O=C1C(Cl)C(c2ccc(Cl)cc2)N1c1nnc(COc2ccc(Cl)cc2Cl)s1. The molecule has 5 nitrogen and oxygen atoms in total. The lowest BCUT2D eigenvalue weighted by molar-refractivity contribution is -0.123. The van der Waals surface area contributed by atoms with E-state index in [9.17, 15) is 4.79 Å². The molecule has 10 heteroatoms. The fourth-order valence-electron chi connectivity index (χ4n) is 2.78. The first-order chi connectivity index (χ1) is 13.4. The normalized spacial score (nSPS) is 18.9. The Morgan fingerprint density at radius 3 is 2.46 bits per heavy atom. The molecule has 2 atom stereocenters. The number of β-lactam (4-membered cyclic amide) rings is 1. The van der Waals surface area contributed by atoms with E-state index in [2.05, 4.69) is 10.2 Å². The molecule has 1 amide bonds. The first-order valence-electron chi connectivity index (χ1n) is 8.07. The van der Waals surface area contributed by atoms with Gasteiger partial charge in [0, 0.05) is 10.0 Å². The second-order valence-electron chi connectivity index (χ2n) is 5.95. The second kappa shape index (κ2) is 8.05. The highest BCUT2D eigenvalue weighted by atomic mass is 35.5. The Morgan fingerprint density at radius 1 is 1.04 bits per heavy atom. The molecule has 0 saturated carbocycles. The molecule has 28 heavy (non-hydrogen) atoms. The summed E-state index contributed by atoms with van der Waals surface area (Å²) in [7, 11) is 0. The van der Waals surface area contributed by atoms with Crippen LogP contribution in [-0.2, 0) is 11.4 Å². The van der Waals surface area contributed by atoms with Crippen LogP contribution in [0.4, 0.5) is 5.13 Å². The van der Waals surface area contributed by atoms with E-state index in [1.165, 1.54) is 16.2 Å². The Hall–Kier alpha value is -1.57. The predicted molar refractivity (Wildman–Crippen MR) is 112 cm³/mol. The van der Waals surface area contributed by atoms with Gasteiger partial charge in [0.15, 0.2) is 5.01 Å². The molecule has 2 unspecified atom stereocenters. The van der Waals surface area contributed by atoms with Crippen LogP contribution in [0.3, 0.4) is 0 Å². The summed E-state index contributed by atoms with van der Waals surface area (Å²) in [5.74, 6) is 0.272. The van der Waals surface area contributed by atoms with Gasteiger partial charge < -0.3 is 4.74 Å². The first-order valence-corrected chi connectivity index (χ1v) is 10.5. The lowest BCUT2D eigenvalue weighted by atomic mass is 9.94. The van der Waals surface area contributed by atoms with Crippen molar-refractivity contribution in [2.75, 3.05) is 4.90 Å². The third-order valence-corrected chi connectivity index (χ3v) is 6.25. The van der Waals surface area contributed by atoms with Gasteiger partial charge in [-0.2, -0.15) is 0 Å². The third kappa shape index (κ3) is 3.80. The van der Waals surface area contributed by atoms with Crippen molar-refractivity contribution < 1.29 is 9.53 Å². The summed E-state index contributed by atoms with van der Waals surface area (Å²) >= 11 is 25.4. The maximum atomic E-state index is 12.3. The lowest BCUT2D eigenvalue weighted by Gasteiger charge is -2.42. The molecule has 1 fully saturated rings. The fraction of sp³-hybridized carbons (Fsp3) is 0.167. The summed E-state index contributed by atoms with van der Waals surface area (Å²) in [6, 6.07) is 11.8. The van der Waals surface area contributed by atoms with Gasteiger partial charge in [0.05, 0.1) is 11.1 Å². The van der Waals surface area contributed by atoms with E-state index in [0.29, 0.717) is 31.0 Å². The topological polar surface area (TPSA) is 55.3 Å². The molecule has 2 aromatic carbocycles. The molecule has 3 aromatic rings. The van der Waals surface area contributed by atoms with Crippen LogP contribution in [0, 0.1) is 0 Å². The summed E-state index contributed by atoms with van der Waals surface area (Å²) in [6.45, 7) is 0.164. The van der Waals surface area contributed by atoms with Crippen LogP contribution >= 0.6 is 57.7 Å². The molecule has 1 aliphatic heterocycles. The minimum Gasteiger partial charge on any atom is -0.485 e. The quantitative estimate of drug-likeness (QED) is 0.347.